The number of rotatable bonds is 5. The monoisotopic (exact) mass is 569 g/mol. The summed E-state index contributed by atoms with van der Waals surface area (Å²) < 4.78 is 60.6. The largest absolute Gasteiger partial charge is 0.497 e. The maximum Gasteiger partial charge on any atom is 0.416 e. The van der Waals surface area contributed by atoms with Gasteiger partial charge in [-0.25, -0.2) is 9.38 Å². The second-order valence-electron chi connectivity index (χ2n) is 10.7. The third kappa shape index (κ3) is 6.74. The first-order valence-electron chi connectivity index (χ1n) is 13.9. The Morgan fingerprint density at radius 1 is 0.976 bits per heavy atom. The summed E-state index contributed by atoms with van der Waals surface area (Å²) in [5, 5.41) is 3.25. The number of nitrogens with zero attached hydrogens (tertiary/aromatic N) is 4. The van der Waals surface area contributed by atoms with Gasteiger partial charge in [-0.2, -0.15) is 13.2 Å². The number of methoxy groups -OCH3 is 1. The van der Waals surface area contributed by atoms with Crippen molar-refractivity contribution in [2.75, 3.05) is 43.5 Å². The van der Waals surface area contributed by atoms with Crippen LogP contribution >= 0.6 is 0 Å². The standard InChI is InChI=1S/C31H35F4N5O/c1-22-4-3-17-36-28(22)30(32)15-20-40(21-16-30)29(37-24-7-5-23(6-8-24)31(33,34)35)38-25-13-18-39(19-14-25)26-9-11-27(41-2)12-10-26/h3-12,17,25H,13-16,18-21H2,1-2H3,(H,37,38). The molecule has 218 valence electrons. The number of likely N-dealkylation sites (tertiary alicyclic amines) is 1. The van der Waals surface area contributed by atoms with E-state index in [9.17, 15) is 13.2 Å². The van der Waals surface area contributed by atoms with Gasteiger partial charge in [0.15, 0.2) is 11.6 Å². The van der Waals surface area contributed by atoms with Crippen LogP contribution in [0.2, 0.25) is 0 Å². The van der Waals surface area contributed by atoms with Gasteiger partial charge in [-0.15, -0.1) is 0 Å². The third-order valence-electron chi connectivity index (χ3n) is 7.96. The van der Waals surface area contributed by atoms with Crippen molar-refractivity contribution in [1.29, 1.82) is 0 Å². The van der Waals surface area contributed by atoms with E-state index in [0.29, 0.717) is 30.4 Å². The number of anilines is 2. The fourth-order valence-corrected chi connectivity index (χ4v) is 5.55. The first-order chi connectivity index (χ1) is 19.6. The van der Waals surface area contributed by atoms with Gasteiger partial charge in [0.25, 0.3) is 0 Å². The number of aliphatic imine (C=N–C) groups is 1. The Hall–Kier alpha value is -3.82. The molecular formula is C31H35F4N5O. The Morgan fingerprint density at radius 3 is 2.22 bits per heavy atom. The van der Waals surface area contributed by atoms with Crippen molar-refractivity contribution in [3.63, 3.8) is 0 Å². The molecule has 0 atom stereocenters. The molecule has 0 radical (unpaired) electrons. The van der Waals surface area contributed by atoms with Crippen LogP contribution in [0, 0.1) is 6.92 Å². The molecule has 0 saturated carbocycles. The van der Waals surface area contributed by atoms with E-state index in [-0.39, 0.29) is 18.9 Å². The number of aromatic nitrogens is 1. The lowest BCUT2D eigenvalue weighted by molar-refractivity contribution is -0.137. The molecule has 1 N–H and O–H groups in total. The predicted molar refractivity (Wildman–Crippen MR) is 153 cm³/mol. The summed E-state index contributed by atoms with van der Waals surface area (Å²) in [4.78, 5) is 13.7. The molecule has 3 heterocycles. The van der Waals surface area contributed by atoms with E-state index in [2.05, 4.69) is 15.2 Å². The van der Waals surface area contributed by atoms with Crippen LogP contribution in [0.3, 0.4) is 0 Å². The highest BCUT2D eigenvalue weighted by atomic mass is 19.4. The molecule has 1 aromatic heterocycles. The number of ether oxygens (including phenoxy) is 1. The second-order valence-corrected chi connectivity index (χ2v) is 10.7. The minimum atomic E-state index is -4.41. The van der Waals surface area contributed by atoms with Gasteiger partial charge in [-0.3, -0.25) is 4.98 Å². The molecule has 2 aromatic carbocycles. The van der Waals surface area contributed by atoms with Gasteiger partial charge in [0.1, 0.15) is 5.75 Å². The molecule has 5 rings (SSSR count). The zero-order valence-corrected chi connectivity index (χ0v) is 23.3. The van der Waals surface area contributed by atoms with Crippen molar-refractivity contribution >= 4 is 17.3 Å². The van der Waals surface area contributed by atoms with Gasteiger partial charge in [0, 0.05) is 56.6 Å². The average molecular weight is 570 g/mol. The number of benzene rings is 2. The van der Waals surface area contributed by atoms with Gasteiger partial charge < -0.3 is 19.9 Å². The van der Waals surface area contributed by atoms with E-state index in [0.717, 1.165) is 55.1 Å². The van der Waals surface area contributed by atoms with E-state index < -0.39 is 17.4 Å². The van der Waals surface area contributed by atoms with Crippen LogP contribution in [-0.2, 0) is 11.8 Å². The number of alkyl halides is 4. The zero-order valence-electron chi connectivity index (χ0n) is 23.3. The lowest BCUT2D eigenvalue weighted by Crippen LogP contribution is -2.47. The molecule has 2 fully saturated rings. The smallest absolute Gasteiger partial charge is 0.416 e. The maximum atomic E-state index is 16.0. The molecule has 0 unspecified atom stereocenters. The Bertz CT molecular complexity index is 1330. The highest BCUT2D eigenvalue weighted by molar-refractivity contribution is 5.94. The maximum absolute atomic E-state index is 16.0. The number of nitrogens with one attached hydrogen (secondary N) is 1. The van der Waals surface area contributed by atoms with Gasteiger partial charge in [0.05, 0.1) is 24.4 Å². The van der Waals surface area contributed by atoms with E-state index >= 15 is 4.39 Å². The van der Waals surface area contributed by atoms with Crippen LogP contribution in [0.5, 0.6) is 5.75 Å². The van der Waals surface area contributed by atoms with E-state index in [1.54, 1.807) is 19.4 Å². The number of pyridine rings is 1. The Balaban J connectivity index is 1.31. The van der Waals surface area contributed by atoms with Gasteiger partial charge in [-0.05, 0) is 79.9 Å². The van der Waals surface area contributed by atoms with Crippen LogP contribution in [-0.4, -0.2) is 55.2 Å². The molecule has 41 heavy (non-hydrogen) atoms. The molecule has 0 aliphatic carbocycles. The molecular weight excluding hydrogens is 534 g/mol. The van der Waals surface area contributed by atoms with Crippen LogP contribution in [0.1, 0.15) is 42.5 Å². The number of hydrogen-bond acceptors (Lipinski definition) is 4. The quantitative estimate of drug-likeness (QED) is 0.208. The summed E-state index contributed by atoms with van der Waals surface area (Å²) in [6.45, 7) is 4.32. The number of halogens is 4. The van der Waals surface area contributed by atoms with Crippen LogP contribution in [0.4, 0.5) is 28.9 Å². The average Bonchev–Trinajstić information content (AvgIpc) is 2.98. The van der Waals surface area contributed by atoms with Crippen molar-refractivity contribution in [2.45, 2.75) is 50.5 Å². The fourth-order valence-electron chi connectivity index (χ4n) is 5.55. The van der Waals surface area contributed by atoms with E-state index in [1.807, 2.05) is 42.2 Å². The molecule has 3 aromatic rings. The molecule has 10 heteroatoms. The minimum Gasteiger partial charge on any atom is -0.497 e. The summed E-state index contributed by atoms with van der Waals surface area (Å²) >= 11 is 0. The second kappa shape index (κ2) is 12.0. The lowest BCUT2D eigenvalue weighted by Gasteiger charge is -2.39. The number of hydrogen-bond donors (Lipinski definition) is 1. The summed E-state index contributed by atoms with van der Waals surface area (Å²) in [6, 6.07) is 16.6. The fraction of sp³-hybridized carbons (Fsp3) is 0.419. The van der Waals surface area contributed by atoms with Crippen LogP contribution in [0.25, 0.3) is 0 Å². The SMILES string of the molecule is COc1ccc(N2CCC(N=C(Nc3ccc(C(F)(F)F)cc3)N3CCC(F)(c4ncccc4C)CC3)CC2)cc1. The topological polar surface area (TPSA) is 53.0 Å². The van der Waals surface area contributed by atoms with E-state index in [1.165, 1.54) is 12.1 Å². The summed E-state index contributed by atoms with van der Waals surface area (Å²) in [6.07, 6.45) is -0.666. The Morgan fingerprint density at radius 2 is 1.63 bits per heavy atom. The minimum absolute atomic E-state index is 0.0246. The van der Waals surface area contributed by atoms with Crippen molar-refractivity contribution < 1.29 is 22.3 Å². The predicted octanol–water partition coefficient (Wildman–Crippen LogP) is 6.82. The van der Waals surface area contributed by atoms with E-state index in [4.69, 9.17) is 9.73 Å². The Kier molecular flexibility index (Phi) is 8.37. The summed E-state index contributed by atoms with van der Waals surface area (Å²) in [5.74, 6) is 1.37. The first kappa shape index (κ1) is 28.7. The molecule has 2 saturated heterocycles. The third-order valence-corrected chi connectivity index (χ3v) is 7.96. The molecule has 2 aliphatic rings. The highest BCUT2D eigenvalue weighted by Gasteiger charge is 2.39. The van der Waals surface area contributed by atoms with Crippen molar-refractivity contribution in [3.05, 3.63) is 83.7 Å². The molecule has 0 amide bonds. The molecule has 2 aliphatic heterocycles. The van der Waals surface area contributed by atoms with Gasteiger partial charge in [-0.1, -0.05) is 6.07 Å². The number of piperidine rings is 2. The Labute approximate surface area is 238 Å². The normalized spacial score (nSPS) is 18.3. The van der Waals surface area contributed by atoms with Gasteiger partial charge in [0.2, 0.25) is 0 Å². The van der Waals surface area contributed by atoms with Crippen LogP contribution in [0.15, 0.2) is 71.9 Å². The summed E-state index contributed by atoms with van der Waals surface area (Å²) in [5.41, 5.74) is 0.675. The summed E-state index contributed by atoms with van der Waals surface area (Å²) in [7, 11) is 1.64. The molecule has 6 nitrogen and oxygen atoms in total. The van der Waals surface area contributed by atoms with Crippen molar-refractivity contribution in [3.8, 4) is 5.75 Å². The van der Waals surface area contributed by atoms with Gasteiger partial charge >= 0.3 is 6.18 Å². The zero-order chi connectivity index (χ0) is 29.0. The highest BCUT2D eigenvalue weighted by Crippen LogP contribution is 2.38. The van der Waals surface area contributed by atoms with Crippen molar-refractivity contribution in [1.82, 2.24) is 9.88 Å². The van der Waals surface area contributed by atoms with Crippen molar-refractivity contribution in [2.24, 2.45) is 4.99 Å². The van der Waals surface area contributed by atoms with Crippen LogP contribution < -0.4 is 15.0 Å². The molecule has 0 spiro atoms. The number of guanidine groups is 1. The lowest BCUT2D eigenvalue weighted by atomic mass is 9.87. The first-order valence-corrected chi connectivity index (χ1v) is 13.9. The number of aryl methyl sites for hydroxylation is 1. The molecule has 0 bridgehead atoms.